The van der Waals surface area contributed by atoms with Crippen LogP contribution in [0.2, 0.25) is 0 Å². The molecule has 0 aliphatic heterocycles. The lowest BCUT2D eigenvalue weighted by Crippen LogP contribution is -2.14. The van der Waals surface area contributed by atoms with Crippen molar-refractivity contribution in [1.29, 1.82) is 0 Å². The van der Waals surface area contributed by atoms with Crippen LogP contribution < -0.4 is 10.1 Å². The molecule has 0 bridgehead atoms. The van der Waals surface area contributed by atoms with Gasteiger partial charge in [0.1, 0.15) is 16.2 Å². The fourth-order valence-electron chi connectivity index (χ4n) is 2.31. The van der Waals surface area contributed by atoms with E-state index >= 15 is 0 Å². The Morgan fingerprint density at radius 2 is 2.08 bits per heavy atom. The number of nitrogens with zero attached hydrogens (tertiary/aromatic N) is 1. The smallest absolute Gasteiger partial charge is 0.339 e. The third kappa shape index (κ3) is 4.11. The second-order valence-corrected chi connectivity index (χ2v) is 6.98. The number of carbonyl (C=O) groups is 2. The number of rotatable bonds is 6. The van der Waals surface area contributed by atoms with Crippen molar-refractivity contribution in [3.63, 3.8) is 0 Å². The van der Waals surface area contributed by atoms with E-state index in [1.54, 1.807) is 6.07 Å². The number of thiazole rings is 1. The molecule has 1 aromatic carbocycles. The number of anilines is 1. The third-order valence-corrected chi connectivity index (χ3v) is 4.31. The molecule has 0 saturated carbocycles. The standard InChI is InChI=1S/C17H20N2O4S/c1-9(2)7-13-15(24-10(3)18-13)16(20)19-11-5-6-12(17(21)22)14(8-11)23-4/h5-6,8-9H,7H2,1-4H3,(H,19,20)(H,21,22). The molecule has 0 unspecified atom stereocenters. The van der Waals surface area contributed by atoms with Crippen molar-refractivity contribution in [2.24, 2.45) is 5.92 Å². The van der Waals surface area contributed by atoms with Gasteiger partial charge in [-0.1, -0.05) is 13.8 Å². The molecular formula is C17H20N2O4S. The summed E-state index contributed by atoms with van der Waals surface area (Å²) in [5, 5.41) is 12.7. The average Bonchev–Trinajstić information content (AvgIpc) is 2.86. The maximum absolute atomic E-state index is 12.6. The average molecular weight is 348 g/mol. The first kappa shape index (κ1) is 17.9. The summed E-state index contributed by atoms with van der Waals surface area (Å²) in [7, 11) is 1.39. The number of methoxy groups -OCH3 is 1. The van der Waals surface area contributed by atoms with Crippen LogP contribution >= 0.6 is 11.3 Å². The number of ether oxygens (including phenoxy) is 1. The highest BCUT2D eigenvalue weighted by molar-refractivity contribution is 7.13. The van der Waals surface area contributed by atoms with Crippen LogP contribution in [0, 0.1) is 12.8 Å². The largest absolute Gasteiger partial charge is 0.496 e. The van der Waals surface area contributed by atoms with Crippen LogP contribution in [0.1, 0.15) is 44.6 Å². The molecule has 0 fully saturated rings. The van der Waals surface area contributed by atoms with Gasteiger partial charge in [-0.25, -0.2) is 9.78 Å². The normalized spacial score (nSPS) is 10.7. The summed E-state index contributed by atoms with van der Waals surface area (Å²) in [5.41, 5.74) is 1.31. The molecule has 7 heteroatoms. The molecule has 2 N–H and O–H groups in total. The van der Waals surface area contributed by atoms with Gasteiger partial charge in [0.25, 0.3) is 5.91 Å². The first-order valence-electron chi connectivity index (χ1n) is 7.50. The van der Waals surface area contributed by atoms with E-state index in [-0.39, 0.29) is 17.2 Å². The van der Waals surface area contributed by atoms with Crippen LogP contribution in [0.3, 0.4) is 0 Å². The molecule has 6 nitrogen and oxygen atoms in total. The minimum atomic E-state index is -1.08. The van der Waals surface area contributed by atoms with Gasteiger partial charge < -0.3 is 15.2 Å². The van der Waals surface area contributed by atoms with E-state index in [1.807, 2.05) is 6.92 Å². The third-order valence-electron chi connectivity index (χ3n) is 3.30. The van der Waals surface area contributed by atoms with E-state index in [4.69, 9.17) is 9.84 Å². The Morgan fingerprint density at radius 3 is 2.67 bits per heavy atom. The summed E-state index contributed by atoms with van der Waals surface area (Å²) in [5.74, 6) is -0.736. The number of nitrogens with one attached hydrogen (secondary N) is 1. The van der Waals surface area contributed by atoms with Crippen LogP contribution in [0.15, 0.2) is 18.2 Å². The Hall–Kier alpha value is -2.41. The van der Waals surface area contributed by atoms with Crippen molar-refractivity contribution in [3.8, 4) is 5.75 Å². The van der Waals surface area contributed by atoms with Gasteiger partial charge in [-0.05, 0) is 31.4 Å². The molecule has 24 heavy (non-hydrogen) atoms. The lowest BCUT2D eigenvalue weighted by atomic mass is 10.1. The Balaban J connectivity index is 2.25. The summed E-state index contributed by atoms with van der Waals surface area (Å²) in [6, 6.07) is 4.45. The first-order chi connectivity index (χ1) is 11.3. The highest BCUT2D eigenvalue weighted by Gasteiger charge is 2.19. The quantitative estimate of drug-likeness (QED) is 0.832. The molecule has 0 aliphatic rings. The minimum Gasteiger partial charge on any atom is -0.496 e. The number of aryl methyl sites for hydroxylation is 1. The van der Waals surface area contributed by atoms with Gasteiger partial charge in [0.15, 0.2) is 0 Å². The predicted octanol–water partition coefficient (Wildman–Crippen LogP) is 3.61. The van der Waals surface area contributed by atoms with Gasteiger partial charge in [0.2, 0.25) is 0 Å². The number of carbonyl (C=O) groups excluding carboxylic acids is 1. The molecule has 2 aromatic rings. The van der Waals surface area contributed by atoms with Gasteiger partial charge in [-0.2, -0.15) is 0 Å². The number of carboxylic acids is 1. The molecule has 0 aliphatic carbocycles. The summed E-state index contributed by atoms with van der Waals surface area (Å²) in [6.45, 7) is 6.02. The van der Waals surface area contributed by atoms with E-state index in [0.29, 0.717) is 16.5 Å². The number of benzene rings is 1. The maximum atomic E-state index is 12.6. The Bertz CT molecular complexity index is 768. The number of carboxylic acid groups (broad SMARTS) is 1. The Kier molecular flexibility index (Phi) is 5.56. The maximum Gasteiger partial charge on any atom is 0.339 e. The van der Waals surface area contributed by atoms with Crippen molar-refractivity contribution < 1.29 is 19.4 Å². The summed E-state index contributed by atoms with van der Waals surface area (Å²) >= 11 is 1.35. The van der Waals surface area contributed by atoms with E-state index in [2.05, 4.69) is 24.1 Å². The van der Waals surface area contributed by atoms with Crippen LogP contribution in [-0.4, -0.2) is 29.1 Å². The molecular weight excluding hydrogens is 328 g/mol. The Morgan fingerprint density at radius 1 is 1.38 bits per heavy atom. The molecule has 0 atom stereocenters. The van der Waals surface area contributed by atoms with Gasteiger partial charge >= 0.3 is 5.97 Å². The zero-order chi connectivity index (χ0) is 17.9. The van der Waals surface area contributed by atoms with Crippen molar-refractivity contribution in [2.75, 3.05) is 12.4 Å². The number of aromatic carboxylic acids is 1. The van der Waals surface area contributed by atoms with Gasteiger partial charge in [0.05, 0.1) is 17.8 Å². The second kappa shape index (κ2) is 7.44. The van der Waals surface area contributed by atoms with Gasteiger partial charge in [-0.3, -0.25) is 4.79 Å². The van der Waals surface area contributed by atoms with Crippen LogP contribution in [0.4, 0.5) is 5.69 Å². The summed E-state index contributed by atoms with van der Waals surface area (Å²) in [4.78, 5) is 28.7. The van der Waals surface area contributed by atoms with Gasteiger partial charge in [-0.15, -0.1) is 11.3 Å². The van der Waals surface area contributed by atoms with E-state index in [9.17, 15) is 9.59 Å². The monoisotopic (exact) mass is 348 g/mol. The van der Waals surface area contributed by atoms with Gasteiger partial charge in [0, 0.05) is 11.8 Å². The molecule has 0 radical (unpaired) electrons. The van der Waals surface area contributed by atoms with Crippen LogP contribution in [0.25, 0.3) is 0 Å². The van der Waals surface area contributed by atoms with E-state index in [0.717, 1.165) is 17.1 Å². The van der Waals surface area contributed by atoms with Crippen LogP contribution in [0.5, 0.6) is 5.75 Å². The molecule has 2 rings (SSSR count). The summed E-state index contributed by atoms with van der Waals surface area (Å²) < 4.78 is 5.07. The molecule has 1 heterocycles. The molecule has 128 valence electrons. The van der Waals surface area contributed by atoms with Crippen molar-refractivity contribution >= 4 is 28.9 Å². The zero-order valence-corrected chi connectivity index (χ0v) is 14.9. The van der Waals surface area contributed by atoms with Crippen molar-refractivity contribution in [1.82, 2.24) is 4.98 Å². The first-order valence-corrected chi connectivity index (χ1v) is 8.32. The molecule has 0 saturated heterocycles. The Labute approximate surface area is 144 Å². The molecule has 0 spiro atoms. The van der Waals surface area contributed by atoms with Crippen molar-refractivity contribution in [2.45, 2.75) is 27.2 Å². The second-order valence-electron chi connectivity index (χ2n) is 5.78. The van der Waals surface area contributed by atoms with E-state index < -0.39 is 5.97 Å². The van der Waals surface area contributed by atoms with Crippen molar-refractivity contribution in [3.05, 3.63) is 39.3 Å². The molecule has 1 amide bonds. The van der Waals surface area contributed by atoms with E-state index in [1.165, 1.54) is 30.6 Å². The fraction of sp³-hybridized carbons (Fsp3) is 0.353. The minimum absolute atomic E-state index is 0.0460. The summed E-state index contributed by atoms with van der Waals surface area (Å²) in [6.07, 6.45) is 0.731. The highest BCUT2D eigenvalue weighted by atomic mass is 32.1. The lowest BCUT2D eigenvalue weighted by molar-refractivity contribution is 0.0693. The lowest BCUT2D eigenvalue weighted by Gasteiger charge is -2.10. The van der Waals surface area contributed by atoms with Crippen LogP contribution in [-0.2, 0) is 6.42 Å². The number of aromatic nitrogens is 1. The number of hydrogen-bond donors (Lipinski definition) is 2. The fourth-order valence-corrected chi connectivity index (χ4v) is 3.15. The SMILES string of the molecule is COc1cc(NC(=O)c2sc(C)nc2CC(C)C)ccc1C(=O)O. The number of amides is 1. The number of hydrogen-bond acceptors (Lipinski definition) is 5. The highest BCUT2D eigenvalue weighted by Crippen LogP contribution is 2.26. The topological polar surface area (TPSA) is 88.5 Å². The predicted molar refractivity (Wildman–Crippen MR) is 93.3 cm³/mol. The zero-order valence-electron chi connectivity index (χ0n) is 14.0. The molecule has 1 aromatic heterocycles.